The summed E-state index contributed by atoms with van der Waals surface area (Å²) in [6, 6.07) is 4.69. The molecule has 16 heavy (non-hydrogen) atoms. The lowest BCUT2D eigenvalue weighted by atomic mass is 10.1. The molecule has 1 aromatic carbocycles. The zero-order valence-electron chi connectivity index (χ0n) is 10.0. The predicted molar refractivity (Wildman–Crippen MR) is 65.6 cm³/mol. The van der Waals surface area contributed by atoms with Crippen LogP contribution in [0.2, 0.25) is 0 Å². The minimum absolute atomic E-state index is 0.0982. The van der Waals surface area contributed by atoms with Gasteiger partial charge in [0.25, 0.3) is 0 Å². The van der Waals surface area contributed by atoms with E-state index in [0.717, 1.165) is 24.4 Å². The smallest absolute Gasteiger partial charge is 0.123 e. The lowest BCUT2D eigenvalue weighted by Crippen LogP contribution is -2.15. The van der Waals surface area contributed by atoms with Gasteiger partial charge in [-0.25, -0.2) is 0 Å². The van der Waals surface area contributed by atoms with Crippen LogP contribution in [0.1, 0.15) is 32.3 Å². The topological polar surface area (TPSA) is 52.5 Å². The van der Waals surface area contributed by atoms with Gasteiger partial charge in [-0.15, -0.1) is 0 Å². The summed E-state index contributed by atoms with van der Waals surface area (Å²) in [5.74, 6) is 0.987. The van der Waals surface area contributed by atoms with E-state index in [2.05, 4.69) is 19.2 Å². The molecule has 0 aromatic heterocycles. The average Bonchev–Trinajstić information content (AvgIpc) is 2.20. The molecule has 90 valence electrons. The Hall–Kier alpha value is -1.22. The summed E-state index contributed by atoms with van der Waals surface area (Å²) in [5.41, 5.74) is 0.822. The maximum Gasteiger partial charge on any atom is 0.123 e. The van der Waals surface area contributed by atoms with E-state index < -0.39 is 0 Å². The number of hydrogen-bond acceptors (Lipinski definition) is 3. The Bertz CT molecular complexity index is 324. The van der Waals surface area contributed by atoms with Crippen molar-refractivity contribution in [2.24, 2.45) is 5.92 Å². The first kappa shape index (κ1) is 12.8. The van der Waals surface area contributed by atoms with Crippen LogP contribution in [0.4, 0.5) is 0 Å². The highest BCUT2D eigenvalue weighted by molar-refractivity contribution is 5.38. The third kappa shape index (κ3) is 4.53. The zero-order chi connectivity index (χ0) is 12.0. The second-order valence-corrected chi connectivity index (χ2v) is 4.53. The third-order valence-electron chi connectivity index (χ3n) is 2.52. The SMILES string of the molecule is CC(C)CCCNCc1ccc(O)cc1O. The van der Waals surface area contributed by atoms with Crippen LogP contribution >= 0.6 is 0 Å². The second-order valence-electron chi connectivity index (χ2n) is 4.53. The monoisotopic (exact) mass is 223 g/mol. The van der Waals surface area contributed by atoms with Gasteiger partial charge in [-0.2, -0.15) is 0 Å². The van der Waals surface area contributed by atoms with Gasteiger partial charge in [0, 0.05) is 18.2 Å². The van der Waals surface area contributed by atoms with Crippen molar-refractivity contribution in [1.29, 1.82) is 0 Å². The summed E-state index contributed by atoms with van der Waals surface area (Å²) in [4.78, 5) is 0. The molecule has 0 bridgehead atoms. The molecular weight excluding hydrogens is 202 g/mol. The van der Waals surface area contributed by atoms with Gasteiger partial charge < -0.3 is 15.5 Å². The van der Waals surface area contributed by atoms with Crippen molar-refractivity contribution in [2.75, 3.05) is 6.54 Å². The molecule has 3 heteroatoms. The zero-order valence-corrected chi connectivity index (χ0v) is 10.0. The van der Waals surface area contributed by atoms with Crippen molar-refractivity contribution in [1.82, 2.24) is 5.32 Å². The van der Waals surface area contributed by atoms with Gasteiger partial charge in [0.2, 0.25) is 0 Å². The molecule has 0 fully saturated rings. The van der Waals surface area contributed by atoms with E-state index in [9.17, 15) is 5.11 Å². The normalized spacial score (nSPS) is 10.9. The van der Waals surface area contributed by atoms with E-state index in [1.165, 1.54) is 12.5 Å². The van der Waals surface area contributed by atoms with Crippen LogP contribution in [0.15, 0.2) is 18.2 Å². The molecule has 0 aliphatic heterocycles. The van der Waals surface area contributed by atoms with E-state index in [4.69, 9.17) is 5.11 Å². The summed E-state index contributed by atoms with van der Waals surface area (Å²) < 4.78 is 0. The minimum atomic E-state index is 0.0982. The molecule has 3 nitrogen and oxygen atoms in total. The van der Waals surface area contributed by atoms with Gasteiger partial charge in [0.15, 0.2) is 0 Å². The number of benzene rings is 1. The predicted octanol–water partition coefficient (Wildman–Crippen LogP) is 2.62. The van der Waals surface area contributed by atoms with Gasteiger partial charge in [-0.3, -0.25) is 0 Å². The molecule has 0 amide bonds. The molecule has 0 atom stereocenters. The molecule has 0 saturated heterocycles. The number of phenols is 2. The van der Waals surface area contributed by atoms with Crippen LogP contribution in [-0.2, 0) is 6.54 Å². The maximum absolute atomic E-state index is 9.54. The largest absolute Gasteiger partial charge is 0.508 e. The fraction of sp³-hybridized carbons (Fsp3) is 0.538. The third-order valence-corrected chi connectivity index (χ3v) is 2.52. The van der Waals surface area contributed by atoms with Gasteiger partial charge in [0.1, 0.15) is 11.5 Å². The molecule has 1 rings (SSSR count). The highest BCUT2D eigenvalue weighted by Crippen LogP contribution is 2.22. The second kappa shape index (κ2) is 6.38. The molecule has 0 radical (unpaired) electrons. The summed E-state index contributed by atoms with van der Waals surface area (Å²) in [7, 11) is 0. The first-order valence-corrected chi connectivity index (χ1v) is 5.81. The minimum Gasteiger partial charge on any atom is -0.508 e. The van der Waals surface area contributed by atoms with Crippen molar-refractivity contribution < 1.29 is 10.2 Å². The molecular formula is C13H21NO2. The quantitative estimate of drug-likeness (QED) is 0.650. The molecule has 3 N–H and O–H groups in total. The van der Waals surface area contributed by atoms with Crippen molar-refractivity contribution in [2.45, 2.75) is 33.2 Å². The maximum atomic E-state index is 9.54. The summed E-state index contributed by atoms with van der Waals surface area (Å²) >= 11 is 0. The number of aromatic hydroxyl groups is 2. The van der Waals surface area contributed by atoms with Gasteiger partial charge in [0.05, 0.1) is 0 Å². The molecule has 0 saturated carbocycles. The fourth-order valence-electron chi connectivity index (χ4n) is 1.56. The Labute approximate surface area is 97.1 Å². The van der Waals surface area contributed by atoms with Crippen molar-refractivity contribution in [3.05, 3.63) is 23.8 Å². The Balaban J connectivity index is 2.27. The summed E-state index contributed by atoms with van der Waals surface area (Å²) in [5, 5.41) is 21.9. The van der Waals surface area contributed by atoms with E-state index in [1.807, 2.05) is 0 Å². The van der Waals surface area contributed by atoms with E-state index in [-0.39, 0.29) is 11.5 Å². The molecule has 0 heterocycles. The molecule has 1 aromatic rings. The summed E-state index contributed by atoms with van der Waals surface area (Å²) in [6.07, 6.45) is 2.37. The summed E-state index contributed by atoms with van der Waals surface area (Å²) in [6.45, 7) is 6.03. The van der Waals surface area contributed by atoms with Gasteiger partial charge >= 0.3 is 0 Å². The average molecular weight is 223 g/mol. The first-order chi connectivity index (χ1) is 7.59. The Morgan fingerprint density at radius 2 is 2.00 bits per heavy atom. The van der Waals surface area contributed by atoms with Crippen molar-refractivity contribution in [3.8, 4) is 11.5 Å². The first-order valence-electron chi connectivity index (χ1n) is 5.81. The van der Waals surface area contributed by atoms with Crippen LogP contribution in [-0.4, -0.2) is 16.8 Å². The Kier molecular flexibility index (Phi) is 5.12. The van der Waals surface area contributed by atoms with Crippen LogP contribution in [0.25, 0.3) is 0 Å². The van der Waals surface area contributed by atoms with Crippen molar-refractivity contribution in [3.63, 3.8) is 0 Å². The standard InChI is InChI=1S/C13H21NO2/c1-10(2)4-3-7-14-9-11-5-6-12(15)8-13(11)16/h5-6,8,10,14-16H,3-4,7,9H2,1-2H3. The van der Waals surface area contributed by atoms with E-state index >= 15 is 0 Å². The van der Waals surface area contributed by atoms with Crippen LogP contribution in [0, 0.1) is 5.92 Å². The number of nitrogens with one attached hydrogen (secondary N) is 1. The van der Waals surface area contributed by atoms with Crippen LogP contribution < -0.4 is 5.32 Å². The van der Waals surface area contributed by atoms with Gasteiger partial charge in [-0.05, 0) is 31.4 Å². The Morgan fingerprint density at radius 1 is 1.25 bits per heavy atom. The lowest BCUT2D eigenvalue weighted by Gasteiger charge is -2.08. The molecule has 0 aliphatic rings. The lowest BCUT2D eigenvalue weighted by molar-refractivity contribution is 0.442. The number of phenolic OH excluding ortho intramolecular Hbond substituents is 2. The molecule has 0 unspecified atom stereocenters. The number of rotatable bonds is 6. The fourth-order valence-corrected chi connectivity index (χ4v) is 1.56. The van der Waals surface area contributed by atoms with Crippen molar-refractivity contribution >= 4 is 0 Å². The molecule has 0 spiro atoms. The Morgan fingerprint density at radius 3 is 2.62 bits per heavy atom. The highest BCUT2D eigenvalue weighted by Gasteiger charge is 2.01. The number of hydrogen-bond donors (Lipinski definition) is 3. The van der Waals surface area contributed by atoms with E-state index in [0.29, 0.717) is 6.54 Å². The van der Waals surface area contributed by atoms with Crippen LogP contribution in [0.5, 0.6) is 11.5 Å². The van der Waals surface area contributed by atoms with Crippen LogP contribution in [0.3, 0.4) is 0 Å². The van der Waals surface area contributed by atoms with Gasteiger partial charge in [-0.1, -0.05) is 19.9 Å². The highest BCUT2D eigenvalue weighted by atomic mass is 16.3. The molecule has 0 aliphatic carbocycles. The van der Waals surface area contributed by atoms with E-state index in [1.54, 1.807) is 12.1 Å².